The predicted octanol–water partition coefficient (Wildman–Crippen LogP) is 2.32. The molecule has 1 amide bonds. The van der Waals surface area contributed by atoms with Gasteiger partial charge in [0.1, 0.15) is 5.82 Å². The van der Waals surface area contributed by atoms with Gasteiger partial charge in [0, 0.05) is 5.69 Å². The molecule has 2 aromatic rings. The number of nitrogens with two attached hydrogens (primary N) is 1. The Morgan fingerprint density at radius 3 is 2.67 bits per heavy atom. The molecule has 0 atom stereocenters. The van der Waals surface area contributed by atoms with Crippen LogP contribution in [0, 0.1) is 17.7 Å². The van der Waals surface area contributed by atoms with Crippen LogP contribution in [0.4, 0.5) is 10.1 Å². The molecular formula is C17H15FN2O. The molecule has 3 N–H and O–H groups in total. The van der Waals surface area contributed by atoms with Gasteiger partial charge in [-0.2, -0.15) is 0 Å². The van der Waals surface area contributed by atoms with Gasteiger partial charge in [-0.05, 0) is 23.8 Å². The number of nitrogens with one attached hydrogen (secondary N) is 1. The maximum absolute atomic E-state index is 13.5. The molecule has 2 aromatic carbocycles. The van der Waals surface area contributed by atoms with Crippen molar-refractivity contribution in [3.63, 3.8) is 0 Å². The number of benzene rings is 2. The third-order valence-corrected chi connectivity index (χ3v) is 2.78. The Hall–Kier alpha value is -2.64. The average Bonchev–Trinajstić information content (AvgIpc) is 2.48. The molecular weight excluding hydrogens is 267 g/mol. The number of hydrogen-bond acceptors (Lipinski definition) is 2. The van der Waals surface area contributed by atoms with Gasteiger partial charge < -0.3 is 11.1 Å². The van der Waals surface area contributed by atoms with E-state index in [2.05, 4.69) is 17.2 Å². The Morgan fingerprint density at radius 1 is 1.19 bits per heavy atom. The van der Waals surface area contributed by atoms with Crippen molar-refractivity contribution < 1.29 is 9.18 Å². The second-order valence-corrected chi connectivity index (χ2v) is 4.41. The predicted molar refractivity (Wildman–Crippen MR) is 81.1 cm³/mol. The van der Waals surface area contributed by atoms with Gasteiger partial charge in [-0.15, -0.1) is 0 Å². The summed E-state index contributed by atoms with van der Waals surface area (Å²) in [7, 11) is 0. The Labute approximate surface area is 123 Å². The summed E-state index contributed by atoms with van der Waals surface area (Å²) in [6.07, 6.45) is 0.266. The Morgan fingerprint density at radius 2 is 1.95 bits per heavy atom. The van der Waals surface area contributed by atoms with E-state index in [1.807, 2.05) is 30.3 Å². The minimum atomic E-state index is -0.433. The van der Waals surface area contributed by atoms with Crippen LogP contribution in [0.2, 0.25) is 0 Å². The molecule has 0 fully saturated rings. The van der Waals surface area contributed by atoms with E-state index in [0.717, 1.165) is 5.56 Å². The second kappa shape index (κ2) is 7.22. The highest BCUT2D eigenvalue weighted by molar-refractivity contribution is 5.92. The van der Waals surface area contributed by atoms with E-state index >= 15 is 0 Å². The molecule has 21 heavy (non-hydrogen) atoms. The van der Waals surface area contributed by atoms with Gasteiger partial charge in [0.05, 0.1) is 18.5 Å². The summed E-state index contributed by atoms with van der Waals surface area (Å²) in [5.74, 6) is 4.63. The minimum absolute atomic E-state index is 0.157. The number of anilines is 1. The number of carbonyl (C=O) groups excluding carboxylic acids is 1. The first-order valence-corrected chi connectivity index (χ1v) is 6.51. The van der Waals surface area contributed by atoms with Gasteiger partial charge in [-0.3, -0.25) is 4.79 Å². The van der Waals surface area contributed by atoms with Crippen molar-refractivity contribution in [1.82, 2.24) is 0 Å². The maximum atomic E-state index is 13.5. The molecule has 0 bridgehead atoms. The van der Waals surface area contributed by atoms with Crippen LogP contribution in [-0.4, -0.2) is 12.5 Å². The van der Waals surface area contributed by atoms with Gasteiger partial charge in [-0.25, -0.2) is 4.39 Å². The fraction of sp³-hybridized carbons (Fsp3) is 0.118. The lowest BCUT2D eigenvalue weighted by molar-refractivity contribution is -0.115. The highest BCUT2D eigenvalue weighted by atomic mass is 19.1. The number of carbonyl (C=O) groups is 1. The molecule has 0 unspecified atom stereocenters. The van der Waals surface area contributed by atoms with Crippen molar-refractivity contribution in [2.24, 2.45) is 5.73 Å². The first-order chi connectivity index (χ1) is 10.2. The van der Waals surface area contributed by atoms with Crippen LogP contribution in [-0.2, 0) is 11.2 Å². The average molecular weight is 282 g/mol. The van der Waals surface area contributed by atoms with Crippen molar-refractivity contribution in [2.75, 3.05) is 11.9 Å². The summed E-state index contributed by atoms with van der Waals surface area (Å²) >= 11 is 0. The first kappa shape index (κ1) is 14.8. The van der Waals surface area contributed by atoms with Crippen molar-refractivity contribution in [3.8, 4) is 11.8 Å². The summed E-state index contributed by atoms with van der Waals surface area (Å²) in [5.41, 5.74) is 6.92. The molecule has 0 radical (unpaired) electrons. The van der Waals surface area contributed by atoms with E-state index in [4.69, 9.17) is 5.73 Å². The summed E-state index contributed by atoms with van der Waals surface area (Å²) in [6, 6.07) is 13.7. The Balaban J connectivity index is 2.07. The van der Waals surface area contributed by atoms with E-state index in [0.29, 0.717) is 5.69 Å². The lowest BCUT2D eigenvalue weighted by atomic mass is 10.1. The van der Waals surface area contributed by atoms with Crippen LogP contribution < -0.4 is 11.1 Å². The van der Waals surface area contributed by atoms with E-state index in [9.17, 15) is 9.18 Å². The van der Waals surface area contributed by atoms with Crippen LogP contribution >= 0.6 is 0 Å². The van der Waals surface area contributed by atoms with E-state index in [1.165, 1.54) is 18.2 Å². The standard InChI is InChI=1S/C17H15FN2O/c18-16-9-8-15(12-14(16)7-4-10-19)20-17(21)11-13-5-2-1-3-6-13/h1-3,5-6,8-9,12H,10-11,19H2,(H,20,21). The molecule has 0 aliphatic heterocycles. The molecule has 106 valence electrons. The number of rotatable bonds is 3. The quantitative estimate of drug-likeness (QED) is 0.849. The van der Waals surface area contributed by atoms with Crippen molar-refractivity contribution in [2.45, 2.75) is 6.42 Å². The van der Waals surface area contributed by atoms with Gasteiger partial charge in [-0.1, -0.05) is 42.2 Å². The lowest BCUT2D eigenvalue weighted by Gasteiger charge is -2.06. The molecule has 0 aliphatic carbocycles. The van der Waals surface area contributed by atoms with Crippen LogP contribution in [0.25, 0.3) is 0 Å². The summed E-state index contributed by atoms with van der Waals surface area (Å²) in [5, 5.41) is 2.73. The molecule has 0 aliphatic rings. The molecule has 0 spiro atoms. The SMILES string of the molecule is NCC#Cc1cc(NC(=O)Cc2ccccc2)ccc1F. The van der Waals surface area contributed by atoms with Crippen LogP contribution in [0.1, 0.15) is 11.1 Å². The zero-order chi connectivity index (χ0) is 15.1. The molecule has 2 rings (SSSR count). The third-order valence-electron chi connectivity index (χ3n) is 2.78. The summed E-state index contributed by atoms with van der Waals surface area (Å²) in [6.45, 7) is 0.157. The molecule has 0 saturated heterocycles. The van der Waals surface area contributed by atoms with Crippen molar-refractivity contribution in [3.05, 3.63) is 65.5 Å². The molecule has 4 heteroatoms. The normalized spacial score (nSPS) is 9.62. The zero-order valence-corrected chi connectivity index (χ0v) is 11.4. The molecule has 0 saturated carbocycles. The lowest BCUT2D eigenvalue weighted by Crippen LogP contribution is -2.14. The highest BCUT2D eigenvalue weighted by Crippen LogP contribution is 2.14. The fourth-order valence-corrected chi connectivity index (χ4v) is 1.83. The van der Waals surface area contributed by atoms with E-state index in [-0.39, 0.29) is 24.4 Å². The van der Waals surface area contributed by atoms with Gasteiger partial charge in [0.2, 0.25) is 5.91 Å². The van der Waals surface area contributed by atoms with Gasteiger partial charge in [0.25, 0.3) is 0 Å². The smallest absolute Gasteiger partial charge is 0.228 e. The molecule has 0 aromatic heterocycles. The zero-order valence-electron chi connectivity index (χ0n) is 11.4. The van der Waals surface area contributed by atoms with E-state index < -0.39 is 5.82 Å². The second-order valence-electron chi connectivity index (χ2n) is 4.41. The Bertz CT molecular complexity index is 687. The van der Waals surface area contributed by atoms with Gasteiger partial charge >= 0.3 is 0 Å². The van der Waals surface area contributed by atoms with Gasteiger partial charge in [0.15, 0.2) is 0 Å². The van der Waals surface area contributed by atoms with Crippen LogP contribution in [0.15, 0.2) is 48.5 Å². The van der Waals surface area contributed by atoms with E-state index in [1.54, 1.807) is 0 Å². The topological polar surface area (TPSA) is 55.1 Å². The molecule has 0 heterocycles. The number of hydrogen-bond donors (Lipinski definition) is 2. The largest absolute Gasteiger partial charge is 0.326 e. The monoisotopic (exact) mass is 282 g/mol. The minimum Gasteiger partial charge on any atom is -0.326 e. The Kier molecular flexibility index (Phi) is 5.08. The number of amides is 1. The summed E-state index contributed by atoms with van der Waals surface area (Å²) < 4.78 is 13.5. The first-order valence-electron chi connectivity index (χ1n) is 6.51. The maximum Gasteiger partial charge on any atom is 0.228 e. The summed E-state index contributed by atoms with van der Waals surface area (Å²) in [4.78, 5) is 11.9. The molecule has 3 nitrogen and oxygen atoms in total. The fourth-order valence-electron chi connectivity index (χ4n) is 1.83. The highest BCUT2D eigenvalue weighted by Gasteiger charge is 2.06. The van der Waals surface area contributed by atoms with Crippen molar-refractivity contribution in [1.29, 1.82) is 0 Å². The van der Waals surface area contributed by atoms with Crippen molar-refractivity contribution >= 4 is 11.6 Å². The third kappa shape index (κ3) is 4.44. The van der Waals surface area contributed by atoms with Crippen LogP contribution in [0.3, 0.4) is 0 Å². The van der Waals surface area contributed by atoms with Crippen LogP contribution in [0.5, 0.6) is 0 Å². The number of halogens is 1.